The fraction of sp³-hybridized carbons (Fsp3) is 0.348. The van der Waals surface area contributed by atoms with Gasteiger partial charge in [-0.25, -0.2) is 4.98 Å². The number of aromatic amines is 1. The van der Waals surface area contributed by atoms with E-state index in [1.807, 2.05) is 30.3 Å². The minimum atomic E-state index is -0.611. The van der Waals surface area contributed by atoms with E-state index in [4.69, 9.17) is 10.5 Å². The maximum atomic E-state index is 12.0. The van der Waals surface area contributed by atoms with E-state index in [2.05, 4.69) is 20.5 Å². The van der Waals surface area contributed by atoms with E-state index >= 15 is 0 Å². The molecule has 0 saturated carbocycles. The van der Waals surface area contributed by atoms with Crippen molar-refractivity contribution >= 4 is 28.5 Å². The zero-order valence-corrected chi connectivity index (χ0v) is 17.8. The number of unbranched alkanes of at least 4 members (excludes halogenated alkanes) is 3. The number of nitrogens with zero attached hydrogens (tertiary/aromatic N) is 2. The second-order valence-corrected chi connectivity index (χ2v) is 7.60. The molecule has 2 aromatic carbocycles. The van der Waals surface area contributed by atoms with E-state index in [9.17, 15) is 14.5 Å². The van der Waals surface area contributed by atoms with Crippen molar-refractivity contribution in [2.24, 2.45) is 5.18 Å². The Morgan fingerprint density at radius 3 is 2.50 bits per heavy atom. The normalized spacial score (nSPS) is 10.8. The van der Waals surface area contributed by atoms with Gasteiger partial charge >= 0.3 is 0 Å². The molecule has 2 amide bonds. The number of aromatic nitrogens is 2. The quantitative estimate of drug-likeness (QED) is 0.222. The average Bonchev–Trinajstić information content (AvgIpc) is 3.27. The number of nitrogen functional groups attached to an aromatic ring is 1. The summed E-state index contributed by atoms with van der Waals surface area (Å²) in [6.45, 7) is 0.842. The standard InChI is InChI=1S/C23H27N5O4/c24-18-11-19-23(27-15-26-19)20(12-18)32-14-17-9-7-16(8-10-17)13-25-21(29)5-3-1-2-4-6-22(30)28-31/h7-12,15H,1-6,13-14,24H2,(H,25,29)(H,26,27). The molecule has 4 N–H and O–H groups in total. The van der Waals surface area contributed by atoms with E-state index in [1.54, 1.807) is 12.4 Å². The fourth-order valence-electron chi connectivity index (χ4n) is 3.31. The minimum absolute atomic E-state index is 0.00673. The number of imidazole rings is 1. The fourth-order valence-corrected chi connectivity index (χ4v) is 3.31. The minimum Gasteiger partial charge on any atom is -0.486 e. The Labute approximate surface area is 185 Å². The van der Waals surface area contributed by atoms with Gasteiger partial charge < -0.3 is 20.8 Å². The van der Waals surface area contributed by atoms with Crippen molar-refractivity contribution in [1.29, 1.82) is 0 Å². The largest absolute Gasteiger partial charge is 0.486 e. The first-order valence-electron chi connectivity index (χ1n) is 10.6. The lowest BCUT2D eigenvalue weighted by Crippen LogP contribution is -2.22. The Morgan fingerprint density at radius 1 is 1.03 bits per heavy atom. The van der Waals surface area contributed by atoms with Crippen molar-refractivity contribution in [2.75, 3.05) is 5.73 Å². The second kappa shape index (κ2) is 11.6. The molecule has 0 aliphatic rings. The molecule has 0 unspecified atom stereocenters. The van der Waals surface area contributed by atoms with Crippen LogP contribution in [-0.2, 0) is 22.7 Å². The first-order chi connectivity index (χ1) is 15.5. The van der Waals surface area contributed by atoms with Crippen LogP contribution >= 0.6 is 0 Å². The molecule has 3 aromatic rings. The van der Waals surface area contributed by atoms with Gasteiger partial charge in [-0.15, -0.1) is 4.91 Å². The van der Waals surface area contributed by atoms with E-state index < -0.39 is 5.91 Å². The van der Waals surface area contributed by atoms with Gasteiger partial charge in [0.2, 0.25) is 5.91 Å². The molecule has 0 aliphatic heterocycles. The molecule has 0 spiro atoms. The number of fused-ring (bicyclic) bond motifs is 1. The van der Waals surface area contributed by atoms with Crippen molar-refractivity contribution < 1.29 is 14.3 Å². The summed E-state index contributed by atoms with van der Waals surface area (Å²) >= 11 is 0. The highest BCUT2D eigenvalue weighted by Crippen LogP contribution is 2.27. The number of H-pyrrole nitrogens is 1. The van der Waals surface area contributed by atoms with Crippen molar-refractivity contribution in [3.63, 3.8) is 0 Å². The lowest BCUT2D eigenvalue weighted by molar-refractivity contribution is -0.121. The van der Waals surface area contributed by atoms with Gasteiger partial charge in [-0.05, 0) is 30.0 Å². The van der Waals surface area contributed by atoms with Crippen molar-refractivity contribution in [3.8, 4) is 5.75 Å². The number of hydrogen-bond donors (Lipinski definition) is 3. The molecular formula is C23H27N5O4. The average molecular weight is 438 g/mol. The zero-order chi connectivity index (χ0) is 22.8. The summed E-state index contributed by atoms with van der Waals surface area (Å²) in [5.41, 5.74) is 10.1. The van der Waals surface area contributed by atoms with Gasteiger partial charge in [0, 0.05) is 36.3 Å². The van der Waals surface area contributed by atoms with Gasteiger partial charge in [0.15, 0.2) is 0 Å². The number of nitroso groups, excluding NO2 is 1. The van der Waals surface area contributed by atoms with E-state index in [0.717, 1.165) is 41.4 Å². The van der Waals surface area contributed by atoms with Crippen LogP contribution in [0.4, 0.5) is 5.69 Å². The van der Waals surface area contributed by atoms with Crippen LogP contribution in [0.25, 0.3) is 11.0 Å². The molecule has 9 heteroatoms. The Bertz CT molecular complexity index is 1060. The highest BCUT2D eigenvalue weighted by molar-refractivity contribution is 5.84. The summed E-state index contributed by atoms with van der Waals surface area (Å²) in [6, 6.07) is 11.4. The number of carbonyl (C=O) groups excluding carboxylic acids is 2. The molecule has 0 fully saturated rings. The number of nitrogens with two attached hydrogens (primary N) is 1. The molecule has 0 atom stereocenters. The predicted octanol–water partition coefficient (Wildman–Crippen LogP) is 3.97. The highest BCUT2D eigenvalue weighted by Gasteiger charge is 2.08. The van der Waals surface area contributed by atoms with Crippen LogP contribution in [0.1, 0.15) is 49.7 Å². The number of rotatable bonds is 12. The number of benzene rings is 2. The predicted molar refractivity (Wildman–Crippen MR) is 122 cm³/mol. The van der Waals surface area contributed by atoms with Crippen molar-refractivity contribution in [3.05, 3.63) is 58.8 Å². The van der Waals surface area contributed by atoms with Crippen LogP contribution in [0.15, 0.2) is 47.9 Å². The van der Waals surface area contributed by atoms with E-state index in [-0.39, 0.29) is 12.3 Å². The van der Waals surface area contributed by atoms with E-state index in [1.165, 1.54) is 0 Å². The smallest absolute Gasteiger partial charge is 0.286 e. The molecular weight excluding hydrogens is 410 g/mol. The van der Waals surface area contributed by atoms with E-state index in [0.29, 0.717) is 37.4 Å². The number of hydrogen-bond acceptors (Lipinski definition) is 6. The lowest BCUT2D eigenvalue weighted by Gasteiger charge is -2.09. The molecule has 1 heterocycles. The topological polar surface area (TPSA) is 140 Å². The lowest BCUT2D eigenvalue weighted by atomic mass is 10.1. The number of anilines is 1. The number of nitrogens with one attached hydrogen (secondary N) is 2. The molecule has 0 bridgehead atoms. The van der Waals surface area contributed by atoms with Gasteiger partial charge in [-0.2, -0.15) is 0 Å². The third-order valence-corrected chi connectivity index (χ3v) is 5.06. The number of ether oxygens (including phenoxy) is 1. The van der Waals surface area contributed by atoms with Crippen molar-refractivity contribution in [2.45, 2.75) is 51.7 Å². The Hall–Kier alpha value is -3.75. The molecule has 9 nitrogen and oxygen atoms in total. The monoisotopic (exact) mass is 437 g/mol. The Morgan fingerprint density at radius 2 is 1.75 bits per heavy atom. The van der Waals surface area contributed by atoms with Gasteiger partial charge in [0.25, 0.3) is 5.91 Å². The number of carbonyl (C=O) groups is 2. The third-order valence-electron chi connectivity index (χ3n) is 5.06. The molecule has 0 aliphatic carbocycles. The highest BCUT2D eigenvalue weighted by atomic mass is 16.5. The Balaban J connectivity index is 1.36. The van der Waals surface area contributed by atoms with Crippen LogP contribution in [0.2, 0.25) is 0 Å². The van der Waals surface area contributed by atoms with Crippen LogP contribution in [-0.4, -0.2) is 21.8 Å². The maximum Gasteiger partial charge on any atom is 0.286 e. The third kappa shape index (κ3) is 6.90. The summed E-state index contributed by atoms with van der Waals surface area (Å²) < 4.78 is 5.90. The Kier molecular flexibility index (Phi) is 8.30. The van der Waals surface area contributed by atoms with Gasteiger partial charge in [0.05, 0.1) is 11.8 Å². The number of amides is 2. The molecule has 0 radical (unpaired) electrons. The summed E-state index contributed by atoms with van der Waals surface area (Å²) in [6.07, 6.45) is 5.25. The summed E-state index contributed by atoms with van der Waals surface area (Å²) in [5.74, 6) is 0.0115. The van der Waals surface area contributed by atoms with Gasteiger partial charge in [0.1, 0.15) is 17.9 Å². The summed E-state index contributed by atoms with van der Waals surface area (Å²) in [7, 11) is 0. The maximum absolute atomic E-state index is 12.0. The first kappa shape index (κ1) is 22.9. The van der Waals surface area contributed by atoms with Crippen LogP contribution in [0, 0.1) is 4.91 Å². The van der Waals surface area contributed by atoms with Gasteiger partial charge in [-0.3, -0.25) is 9.59 Å². The zero-order valence-electron chi connectivity index (χ0n) is 17.8. The van der Waals surface area contributed by atoms with Crippen LogP contribution < -0.4 is 15.8 Å². The summed E-state index contributed by atoms with van der Waals surface area (Å²) in [4.78, 5) is 40.1. The first-order valence-corrected chi connectivity index (χ1v) is 10.6. The molecule has 168 valence electrons. The molecule has 3 rings (SSSR count). The summed E-state index contributed by atoms with van der Waals surface area (Å²) in [5, 5.41) is 5.27. The van der Waals surface area contributed by atoms with Crippen LogP contribution in [0.5, 0.6) is 5.75 Å². The SMILES string of the molecule is Nc1cc(OCc2ccc(CNC(=O)CCCCCCC(=O)N=O)cc2)c2nc[nH]c2c1. The van der Waals surface area contributed by atoms with Crippen LogP contribution in [0.3, 0.4) is 0 Å². The second-order valence-electron chi connectivity index (χ2n) is 7.60. The molecule has 0 saturated heterocycles. The van der Waals surface area contributed by atoms with Gasteiger partial charge in [-0.1, -0.05) is 37.1 Å². The molecule has 1 aromatic heterocycles. The molecule has 32 heavy (non-hydrogen) atoms. The van der Waals surface area contributed by atoms with Crippen molar-refractivity contribution in [1.82, 2.24) is 15.3 Å².